The molecule has 0 spiro atoms. The number of nitrogens with zero attached hydrogens (tertiary/aromatic N) is 4. The number of fused-ring (bicyclic) bond motifs is 4. The highest BCUT2D eigenvalue weighted by molar-refractivity contribution is 6.10. The minimum absolute atomic E-state index is 0.00681. The van der Waals surface area contributed by atoms with Crippen LogP contribution in [0.5, 0.6) is 11.5 Å². The summed E-state index contributed by atoms with van der Waals surface area (Å²) in [7, 11) is 0. The van der Waals surface area contributed by atoms with Crippen LogP contribution >= 0.6 is 0 Å². The third-order valence-electron chi connectivity index (χ3n) is 13.2. The van der Waals surface area contributed by atoms with E-state index < -0.39 is 0 Å². The fraction of sp³-hybridized carbons (Fsp3) is 0.305. The zero-order chi connectivity index (χ0) is 46.1. The van der Waals surface area contributed by atoms with Crippen molar-refractivity contribution in [2.75, 3.05) is 16.5 Å². The summed E-state index contributed by atoms with van der Waals surface area (Å²) in [6, 6.07) is 44.3. The van der Waals surface area contributed by atoms with Gasteiger partial charge in [-0.3, -0.25) is 4.57 Å². The van der Waals surface area contributed by atoms with Crippen molar-refractivity contribution in [2.24, 2.45) is 0 Å². The molecule has 9 rings (SSSR count). The van der Waals surface area contributed by atoms with Gasteiger partial charge in [-0.25, -0.2) is 9.37 Å². The lowest BCUT2D eigenvalue weighted by molar-refractivity contribution is 0.478. The summed E-state index contributed by atoms with van der Waals surface area (Å²) in [4.78, 5) is 9.71. The molecule has 5 nitrogen and oxygen atoms in total. The highest BCUT2D eigenvalue weighted by Gasteiger charge is 2.31. The average molecular weight is 863 g/mol. The van der Waals surface area contributed by atoms with E-state index in [1.165, 1.54) is 45.1 Å². The largest absolute Gasteiger partial charge is 0.457 e. The average Bonchev–Trinajstić information content (AvgIpc) is 3.82. The number of benzene rings is 6. The molecule has 0 unspecified atom stereocenters. The van der Waals surface area contributed by atoms with Crippen LogP contribution in [0.2, 0.25) is 0 Å². The van der Waals surface area contributed by atoms with Crippen LogP contribution < -0.4 is 14.5 Å². The standard InChI is InChI=1S/C59H63FN4O/c1-36(2)40-26-48(37(3)4)56(49(27-40)38(5)6)39-24-25-61-55(28-39)64-51-21-14-13-20-47(51)57-50(60)33-46(34-54(57)64)65-45-19-17-18-43(32-45)62-35-63(53-23-16-15-22-52(53)62)44-30-41(58(7,8)9)29-42(31-44)59(10,11)12/h13-34,36-38H,35H2,1-12H3. The number of halogens is 1. The van der Waals surface area contributed by atoms with Crippen molar-refractivity contribution in [2.45, 2.75) is 112 Å². The first-order valence-corrected chi connectivity index (χ1v) is 23.3. The third kappa shape index (κ3) is 8.17. The number of ether oxygens (including phenoxy) is 1. The smallest absolute Gasteiger partial charge is 0.138 e. The molecule has 0 amide bonds. The van der Waals surface area contributed by atoms with Crippen LogP contribution in [0.1, 0.15) is 129 Å². The molecule has 2 aromatic heterocycles. The van der Waals surface area contributed by atoms with E-state index in [0.717, 1.165) is 39.3 Å². The van der Waals surface area contributed by atoms with Crippen LogP contribution in [0.4, 0.5) is 27.1 Å². The summed E-state index contributed by atoms with van der Waals surface area (Å²) in [6.07, 6.45) is 1.89. The lowest BCUT2D eigenvalue weighted by atomic mass is 9.80. The van der Waals surface area contributed by atoms with Crippen LogP contribution in [0.15, 0.2) is 134 Å². The van der Waals surface area contributed by atoms with Crippen molar-refractivity contribution in [1.29, 1.82) is 0 Å². The van der Waals surface area contributed by atoms with E-state index in [-0.39, 0.29) is 16.6 Å². The first-order valence-electron chi connectivity index (χ1n) is 23.3. The molecule has 0 fully saturated rings. The second kappa shape index (κ2) is 16.5. The molecule has 0 atom stereocenters. The van der Waals surface area contributed by atoms with Gasteiger partial charge in [0.15, 0.2) is 0 Å². The number of anilines is 4. The summed E-state index contributed by atoms with van der Waals surface area (Å²) in [6.45, 7) is 27.9. The molecule has 6 heteroatoms. The van der Waals surface area contributed by atoms with E-state index in [1.54, 1.807) is 0 Å². The summed E-state index contributed by atoms with van der Waals surface area (Å²) >= 11 is 0. The summed E-state index contributed by atoms with van der Waals surface area (Å²) < 4.78 is 25.5. The third-order valence-corrected chi connectivity index (χ3v) is 13.2. The Bertz CT molecular complexity index is 3030. The Morgan fingerprint density at radius 2 is 1.18 bits per heavy atom. The van der Waals surface area contributed by atoms with Crippen LogP contribution in [-0.4, -0.2) is 16.2 Å². The van der Waals surface area contributed by atoms with Gasteiger partial charge in [-0.15, -0.1) is 0 Å². The van der Waals surface area contributed by atoms with Gasteiger partial charge in [0.2, 0.25) is 0 Å². The summed E-state index contributed by atoms with van der Waals surface area (Å²) in [5.41, 5.74) is 15.0. The van der Waals surface area contributed by atoms with Gasteiger partial charge in [0.05, 0.1) is 22.4 Å². The van der Waals surface area contributed by atoms with Crippen molar-refractivity contribution in [3.8, 4) is 28.4 Å². The lowest BCUT2D eigenvalue weighted by Gasteiger charge is -2.29. The topological polar surface area (TPSA) is 33.5 Å². The quantitative estimate of drug-likeness (QED) is 0.145. The fourth-order valence-electron chi connectivity index (χ4n) is 9.45. The highest BCUT2D eigenvalue weighted by atomic mass is 19.1. The zero-order valence-electron chi connectivity index (χ0n) is 40.2. The van der Waals surface area contributed by atoms with Gasteiger partial charge in [-0.1, -0.05) is 138 Å². The van der Waals surface area contributed by atoms with Gasteiger partial charge < -0.3 is 14.5 Å². The number of aromatic nitrogens is 2. The molecule has 65 heavy (non-hydrogen) atoms. The molecule has 3 heterocycles. The van der Waals surface area contributed by atoms with E-state index in [4.69, 9.17) is 9.72 Å². The predicted octanol–water partition coefficient (Wildman–Crippen LogP) is 17.0. The normalized spacial score (nSPS) is 13.3. The van der Waals surface area contributed by atoms with Gasteiger partial charge in [-0.2, -0.15) is 0 Å². The Labute approximate surface area is 385 Å². The number of pyridine rings is 1. The molecule has 0 bridgehead atoms. The Morgan fingerprint density at radius 3 is 1.80 bits per heavy atom. The number of rotatable bonds is 9. The molecular formula is C59H63FN4O. The monoisotopic (exact) mass is 862 g/mol. The lowest BCUT2D eigenvalue weighted by Crippen LogP contribution is -2.25. The van der Waals surface area contributed by atoms with Gasteiger partial charge in [0, 0.05) is 46.5 Å². The van der Waals surface area contributed by atoms with Crippen molar-refractivity contribution < 1.29 is 9.13 Å². The van der Waals surface area contributed by atoms with Crippen LogP contribution in [0.3, 0.4) is 0 Å². The molecule has 6 aromatic carbocycles. The number of hydrogen-bond donors (Lipinski definition) is 0. The molecule has 0 aliphatic carbocycles. The summed E-state index contributed by atoms with van der Waals surface area (Å²) in [5, 5.41) is 1.37. The first-order chi connectivity index (χ1) is 30.9. The van der Waals surface area contributed by atoms with Crippen molar-refractivity contribution in [1.82, 2.24) is 9.55 Å². The fourth-order valence-corrected chi connectivity index (χ4v) is 9.45. The molecular weight excluding hydrogens is 800 g/mol. The summed E-state index contributed by atoms with van der Waals surface area (Å²) in [5.74, 6) is 2.49. The van der Waals surface area contributed by atoms with Gasteiger partial charge in [0.1, 0.15) is 29.8 Å². The van der Waals surface area contributed by atoms with Gasteiger partial charge >= 0.3 is 0 Å². The Kier molecular flexibility index (Phi) is 11.2. The van der Waals surface area contributed by atoms with Gasteiger partial charge in [-0.05, 0) is 122 Å². The van der Waals surface area contributed by atoms with E-state index in [0.29, 0.717) is 46.8 Å². The highest BCUT2D eigenvalue weighted by Crippen LogP contribution is 2.47. The maximum atomic E-state index is 16.7. The van der Waals surface area contributed by atoms with Crippen LogP contribution in [0, 0.1) is 5.82 Å². The second-order valence-corrected chi connectivity index (χ2v) is 20.9. The van der Waals surface area contributed by atoms with Crippen molar-refractivity contribution in [3.05, 3.63) is 167 Å². The minimum atomic E-state index is -0.343. The molecule has 8 aromatic rings. The van der Waals surface area contributed by atoms with E-state index >= 15 is 4.39 Å². The van der Waals surface area contributed by atoms with E-state index in [2.05, 4.69) is 176 Å². The van der Waals surface area contributed by atoms with Crippen LogP contribution in [-0.2, 0) is 10.8 Å². The molecule has 0 saturated carbocycles. The number of para-hydroxylation sites is 3. The van der Waals surface area contributed by atoms with E-state index in [9.17, 15) is 0 Å². The van der Waals surface area contributed by atoms with Crippen molar-refractivity contribution >= 4 is 44.6 Å². The van der Waals surface area contributed by atoms with Crippen LogP contribution in [0.25, 0.3) is 38.8 Å². The Morgan fingerprint density at radius 1 is 0.569 bits per heavy atom. The maximum Gasteiger partial charge on any atom is 0.138 e. The molecule has 0 N–H and O–H groups in total. The molecule has 332 valence electrons. The zero-order valence-corrected chi connectivity index (χ0v) is 40.2. The van der Waals surface area contributed by atoms with Gasteiger partial charge in [0.25, 0.3) is 0 Å². The SMILES string of the molecule is CC(C)c1cc(C(C)C)c(-c2ccnc(-n3c4ccccc4c4c(F)cc(Oc5cccc(N6CN(c7cc(C(C)(C)C)cc(C(C)(C)C)c7)c7ccccc76)c5)cc43)c2)c(C(C)C)c1. The molecule has 1 aliphatic heterocycles. The molecule has 1 aliphatic rings. The van der Waals surface area contributed by atoms with E-state index in [1.807, 2.05) is 48.7 Å². The molecule has 0 radical (unpaired) electrons. The second-order valence-electron chi connectivity index (χ2n) is 20.9. The maximum absolute atomic E-state index is 16.7. The minimum Gasteiger partial charge on any atom is -0.457 e. The predicted molar refractivity (Wildman–Crippen MR) is 272 cm³/mol. The Balaban J connectivity index is 1.10. The van der Waals surface area contributed by atoms with Crippen molar-refractivity contribution in [3.63, 3.8) is 0 Å². The first kappa shape index (κ1) is 43.8. The molecule has 0 saturated heterocycles. The number of hydrogen-bond acceptors (Lipinski definition) is 4. The Hall–Kier alpha value is -6.40.